The van der Waals surface area contributed by atoms with Gasteiger partial charge in [-0.05, 0) is 57.5 Å². The van der Waals surface area contributed by atoms with Crippen LogP contribution in [0.2, 0.25) is 0 Å². The third-order valence-corrected chi connectivity index (χ3v) is 4.54. The molecule has 17 heavy (non-hydrogen) atoms. The third-order valence-electron chi connectivity index (χ3n) is 4.54. The SMILES string of the molecule is CCCNCCC(C)(O)C1CCC(CC)CC1. The molecule has 1 fully saturated rings. The van der Waals surface area contributed by atoms with E-state index in [2.05, 4.69) is 19.2 Å². The van der Waals surface area contributed by atoms with Crippen LogP contribution in [0.5, 0.6) is 0 Å². The van der Waals surface area contributed by atoms with Crippen molar-refractivity contribution < 1.29 is 5.11 Å². The van der Waals surface area contributed by atoms with E-state index in [-0.39, 0.29) is 0 Å². The van der Waals surface area contributed by atoms with Crippen LogP contribution in [0.25, 0.3) is 0 Å². The molecule has 102 valence electrons. The molecule has 0 saturated heterocycles. The fraction of sp³-hybridized carbons (Fsp3) is 1.00. The summed E-state index contributed by atoms with van der Waals surface area (Å²) in [4.78, 5) is 0. The summed E-state index contributed by atoms with van der Waals surface area (Å²) in [5.41, 5.74) is -0.459. The first kappa shape index (κ1) is 15.0. The van der Waals surface area contributed by atoms with E-state index < -0.39 is 5.60 Å². The first-order valence-electron chi connectivity index (χ1n) is 7.53. The Kier molecular flexibility index (Phi) is 6.50. The molecule has 0 bridgehead atoms. The summed E-state index contributed by atoms with van der Waals surface area (Å²) in [6.07, 6.45) is 8.46. The molecule has 1 unspecified atom stereocenters. The van der Waals surface area contributed by atoms with Gasteiger partial charge in [-0.25, -0.2) is 0 Å². The number of nitrogens with one attached hydrogen (secondary N) is 1. The van der Waals surface area contributed by atoms with E-state index in [1.165, 1.54) is 38.5 Å². The second-order valence-corrected chi connectivity index (χ2v) is 5.98. The Morgan fingerprint density at radius 2 is 1.76 bits per heavy atom. The topological polar surface area (TPSA) is 32.3 Å². The Morgan fingerprint density at radius 3 is 2.29 bits per heavy atom. The normalized spacial score (nSPS) is 28.9. The Balaban J connectivity index is 2.27. The zero-order chi connectivity index (χ0) is 12.7. The van der Waals surface area contributed by atoms with E-state index in [1.807, 2.05) is 6.92 Å². The van der Waals surface area contributed by atoms with E-state index in [4.69, 9.17) is 0 Å². The fourth-order valence-electron chi connectivity index (χ4n) is 3.04. The minimum Gasteiger partial charge on any atom is -0.390 e. The van der Waals surface area contributed by atoms with E-state index in [0.717, 1.165) is 25.4 Å². The Morgan fingerprint density at radius 1 is 1.12 bits per heavy atom. The predicted octanol–water partition coefficient (Wildman–Crippen LogP) is 3.34. The summed E-state index contributed by atoms with van der Waals surface area (Å²) >= 11 is 0. The second-order valence-electron chi connectivity index (χ2n) is 5.98. The molecule has 0 heterocycles. The van der Waals surface area contributed by atoms with Crippen molar-refractivity contribution in [1.82, 2.24) is 5.32 Å². The predicted molar refractivity (Wildman–Crippen MR) is 74.1 cm³/mol. The molecular formula is C15H31NO. The van der Waals surface area contributed by atoms with Crippen molar-refractivity contribution in [3.63, 3.8) is 0 Å². The molecule has 1 aliphatic carbocycles. The molecule has 2 nitrogen and oxygen atoms in total. The van der Waals surface area contributed by atoms with Gasteiger partial charge in [0.15, 0.2) is 0 Å². The first-order chi connectivity index (χ1) is 8.10. The summed E-state index contributed by atoms with van der Waals surface area (Å²) in [7, 11) is 0. The maximum absolute atomic E-state index is 10.6. The third kappa shape index (κ3) is 4.97. The van der Waals surface area contributed by atoms with Crippen LogP contribution < -0.4 is 5.32 Å². The lowest BCUT2D eigenvalue weighted by Gasteiger charge is -2.38. The van der Waals surface area contributed by atoms with Gasteiger partial charge in [0, 0.05) is 0 Å². The van der Waals surface area contributed by atoms with Crippen LogP contribution in [0.3, 0.4) is 0 Å². The first-order valence-corrected chi connectivity index (χ1v) is 7.53. The molecule has 0 aliphatic heterocycles. The van der Waals surface area contributed by atoms with Gasteiger partial charge in [-0.15, -0.1) is 0 Å². The maximum atomic E-state index is 10.6. The minimum atomic E-state index is -0.459. The van der Waals surface area contributed by atoms with Gasteiger partial charge < -0.3 is 10.4 Å². The molecule has 1 saturated carbocycles. The van der Waals surface area contributed by atoms with Gasteiger partial charge in [-0.3, -0.25) is 0 Å². The van der Waals surface area contributed by atoms with Crippen molar-refractivity contribution in [1.29, 1.82) is 0 Å². The monoisotopic (exact) mass is 241 g/mol. The molecule has 1 aliphatic rings. The molecule has 0 aromatic carbocycles. The van der Waals surface area contributed by atoms with Gasteiger partial charge in [0.25, 0.3) is 0 Å². The lowest BCUT2D eigenvalue weighted by Crippen LogP contribution is -2.39. The molecule has 0 spiro atoms. The van der Waals surface area contributed by atoms with Gasteiger partial charge in [0.05, 0.1) is 5.60 Å². The number of rotatable bonds is 7. The standard InChI is InChI=1S/C15H31NO/c1-4-11-16-12-10-15(3,17)14-8-6-13(5-2)7-9-14/h13-14,16-17H,4-12H2,1-3H3. The van der Waals surface area contributed by atoms with Crippen LogP contribution in [0.4, 0.5) is 0 Å². The molecule has 2 N–H and O–H groups in total. The van der Waals surface area contributed by atoms with E-state index >= 15 is 0 Å². The summed E-state index contributed by atoms with van der Waals surface area (Å²) in [5.74, 6) is 1.44. The van der Waals surface area contributed by atoms with Crippen LogP contribution in [0.1, 0.15) is 65.7 Å². The Hall–Kier alpha value is -0.0800. The van der Waals surface area contributed by atoms with Crippen molar-refractivity contribution in [2.75, 3.05) is 13.1 Å². The molecule has 2 heteroatoms. The molecule has 0 amide bonds. The molecule has 0 aromatic rings. The summed E-state index contributed by atoms with van der Waals surface area (Å²) < 4.78 is 0. The van der Waals surface area contributed by atoms with Crippen LogP contribution in [-0.2, 0) is 0 Å². The maximum Gasteiger partial charge on any atom is 0.0659 e. The van der Waals surface area contributed by atoms with Crippen LogP contribution in [0, 0.1) is 11.8 Å². The van der Waals surface area contributed by atoms with Gasteiger partial charge in [-0.1, -0.05) is 33.1 Å². The largest absolute Gasteiger partial charge is 0.390 e. The van der Waals surface area contributed by atoms with E-state index in [0.29, 0.717) is 5.92 Å². The van der Waals surface area contributed by atoms with Crippen molar-refractivity contribution in [2.45, 2.75) is 71.3 Å². The van der Waals surface area contributed by atoms with Crippen molar-refractivity contribution in [3.05, 3.63) is 0 Å². The van der Waals surface area contributed by atoms with Crippen molar-refractivity contribution >= 4 is 0 Å². The lowest BCUT2D eigenvalue weighted by atomic mass is 9.72. The molecule has 1 rings (SSSR count). The van der Waals surface area contributed by atoms with Crippen molar-refractivity contribution in [3.8, 4) is 0 Å². The number of hydrogen-bond acceptors (Lipinski definition) is 2. The molecule has 0 radical (unpaired) electrons. The highest BCUT2D eigenvalue weighted by Crippen LogP contribution is 2.37. The van der Waals surface area contributed by atoms with Crippen LogP contribution in [-0.4, -0.2) is 23.8 Å². The smallest absolute Gasteiger partial charge is 0.0659 e. The highest BCUT2D eigenvalue weighted by Gasteiger charge is 2.34. The Labute approximate surface area is 107 Å². The summed E-state index contributed by atoms with van der Waals surface area (Å²) in [6, 6.07) is 0. The Bertz CT molecular complexity index is 195. The zero-order valence-corrected chi connectivity index (χ0v) is 12.0. The van der Waals surface area contributed by atoms with E-state index in [9.17, 15) is 5.11 Å². The van der Waals surface area contributed by atoms with E-state index in [1.54, 1.807) is 0 Å². The second kappa shape index (κ2) is 7.38. The molecular weight excluding hydrogens is 210 g/mol. The average molecular weight is 241 g/mol. The van der Waals surface area contributed by atoms with Crippen LogP contribution in [0.15, 0.2) is 0 Å². The molecule has 0 aromatic heterocycles. The van der Waals surface area contributed by atoms with Gasteiger partial charge >= 0.3 is 0 Å². The molecule has 1 atom stereocenters. The average Bonchev–Trinajstić information content (AvgIpc) is 2.35. The van der Waals surface area contributed by atoms with Crippen LogP contribution >= 0.6 is 0 Å². The zero-order valence-electron chi connectivity index (χ0n) is 12.0. The summed E-state index contributed by atoms with van der Waals surface area (Å²) in [6.45, 7) is 8.53. The summed E-state index contributed by atoms with van der Waals surface area (Å²) in [5, 5.41) is 13.9. The fourth-order valence-corrected chi connectivity index (χ4v) is 3.04. The number of aliphatic hydroxyl groups is 1. The highest BCUT2D eigenvalue weighted by molar-refractivity contribution is 4.86. The van der Waals surface area contributed by atoms with Gasteiger partial charge in [0.1, 0.15) is 0 Å². The number of hydrogen-bond donors (Lipinski definition) is 2. The van der Waals surface area contributed by atoms with Gasteiger partial charge in [0.2, 0.25) is 0 Å². The van der Waals surface area contributed by atoms with Crippen molar-refractivity contribution in [2.24, 2.45) is 11.8 Å². The quantitative estimate of drug-likeness (QED) is 0.670. The highest BCUT2D eigenvalue weighted by atomic mass is 16.3. The minimum absolute atomic E-state index is 0.459. The van der Waals surface area contributed by atoms with Gasteiger partial charge in [-0.2, -0.15) is 0 Å². The lowest BCUT2D eigenvalue weighted by molar-refractivity contribution is -0.0287.